The van der Waals surface area contributed by atoms with Gasteiger partial charge in [0.1, 0.15) is 23.2 Å². The maximum Gasteiger partial charge on any atom is 0.338 e. The first kappa shape index (κ1) is 22.1. The first-order valence-corrected chi connectivity index (χ1v) is 9.55. The molecule has 32 heavy (non-hydrogen) atoms. The number of amides is 1. The molecule has 1 aromatic heterocycles. The van der Waals surface area contributed by atoms with E-state index >= 15 is 0 Å². The normalized spacial score (nSPS) is 10.8. The molecule has 2 N–H and O–H groups in total. The van der Waals surface area contributed by atoms with Crippen LogP contribution in [-0.2, 0) is 9.53 Å². The molecule has 8 nitrogen and oxygen atoms in total. The third kappa shape index (κ3) is 5.29. The number of carbonyl (C=O) groups is 3. The van der Waals surface area contributed by atoms with Crippen molar-refractivity contribution in [3.63, 3.8) is 0 Å². The summed E-state index contributed by atoms with van der Waals surface area (Å²) in [6.45, 7) is 1.96. The third-order valence-corrected chi connectivity index (χ3v) is 4.33. The summed E-state index contributed by atoms with van der Waals surface area (Å²) in [5.74, 6) is -1.53. The zero-order chi connectivity index (χ0) is 23.1. The number of carboxylic acid groups (broad SMARTS) is 1. The minimum absolute atomic E-state index is 0.113. The average Bonchev–Trinajstić information content (AvgIpc) is 3.27. The summed E-state index contributed by atoms with van der Waals surface area (Å²) >= 11 is 0. The Morgan fingerprint density at radius 2 is 1.84 bits per heavy atom. The van der Waals surface area contributed by atoms with E-state index in [1.807, 2.05) is 6.07 Å². The van der Waals surface area contributed by atoms with E-state index in [0.717, 1.165) is 0 Å². The van der Waals surface area contributed by atoms with Gasteiger partial charge < -0.3 is 19.6 Å². The molecule has 0 fully saturated rings. The molecule has 0 unspecified atom stereocenters. The second kappa shape index (κ2) is 9.91. The fraction of sp³-hybridized carbons (Fsp3) is 0.0833. The van der Waals surface area contributed by atoms with Crippen LogP contribution < -0.4 is 5.32 Å². The molecule has 0 bridgehead atoms. The van der Waals surface area contributed by atoms with Crippen LogP contribution >= 0.6 is 0 Å². The Balaban J connectivity index is 1.74. The van der Waals surface area contributed by atoms with Crippen LogP contribution in [0.1, 0.15) is 33.4 Å². The first-order chi connectivity index (χ1) is 15.4. The molecule has 3 aromatic rings. The number of esters is 1. The topological polar surface area (TPSA) is 130 Å². The summed E-state index contributed by atoms with van der Waals surface area (Å²) in [6.07, 6.45) is 1.28. The van der Waals surface area contributed by atoms with Crippen molar-refractivity contribution in [3.05, 3.63) is 83.1 Å². The SMILES string of the molecule is CCOC(=O)c1ccc(NC(=O)/C(C#N)=C/c2ccc(-c3cccc(C(=O)O)c3)o2)cc1. The number of carboxylic acids is 1. The van der Waals surface area contributed by atoms with Crippen molar-refractivity contribution < 1.29 is 28.6 Å². The molecule has 1 amide bonds. The number of ether oxygens (including phenoxy) is 1. The highest BCUT2D eigenvalue weighted by Crippen LogP contribution is 2.24. The molecule has 0 spiro atoms. The maximum absolute atomic E-state index is 12.5. The molecule has 0 aliphatic heterocycles. The Hall–Kier alpha value is -4.64. The van der Waals surface area contributed by atoms with E-state index in [-0.39, 0.29) is 23.5 Å². The van der Waals surface area contributed by atoms with Gasteiger partial charge in [0.25, 0.3) is 5.91 Å². The van der Waals surface area contributed by atoms with Crippen molar-refractivity contribution in [2.75, 3.05) is 11.9 Å². The highest BCUT2D eigenvalue weighted by Gasteiger charge is 2.13. The molecule has 0 aliphatic rings. The van der Waals surface area contributed by atoms with Crippen LogP contribution in [0.4, 0.5) is 5.69 Å². The van der Waals surface area contributed by atoms with Crippen molar-refractivity contribution in [1.82, 2.24) is 0 Å². The maximum atomic E-state index is 12.5. The summed E-state index contributed by atoms with van der Waals surface area (Å²) in [5.41, 5.74) is 1.21. The van der Waals surface area contributed by atoms with Gasteiger partial charge in [-0.1, -0.05) is 12.1 Å². The number of aromatic carboxylic acids is 1. The van der Waals surface area contributed by atoms with Crippen molar-refractivity contribution >= 4 is 29.6 Å². The van der Waals surface area contributed by atoms with Gasteiger partial charge in [-0.15, -0.1) is 0 Å². The number of nitrogens with one attached hydrogen (secondary N) is 1. The molecule has 3 rings (SSSR count). The number of anilines is 1. The predicted octanol–water partition coefficient (Wildman–Crippen LogP) is 4.37. The van der Waals surface area contributed by atoms with Crippen LogP contribution in [-0.4, -0.2) is 29.6 Å². The first-order valence-electron chi connectivity index (χ1n) is 9.55. The fourth-order valence-corrected chi connectivity index (χ4v) is 2.78. The number of nitrogens with zero attached hydrogens (tertiary/aromatic N) is 1. The lowest BCUT2D eigenvalue weighted by Crippen LogP contribution is -2.13. The van der Waals surface area contributed by atoms with Gasteiger partial charge in [0.15, 0.2) is 0 Å². The van der Waals surface area contributed by atoms with Crippen LogP contribution in [0.3, 0.4) is 0 Å². The zero-order valence-electron chi connectivity index (χ0n) is 17.0. The summed E-state index contributed by atoms with van der Waals surface area (Å²) in [5, 5.41) is 21.1. The molecule has 160 valence electrons. The highest BCUT2D eigenvalue weighted by atomic mass is 16.5. The van der Waals surface area contributed by atoms with E-state index in [4.69, 9.17) is 14.3 Å². The van der Waals surface area contributed by atoms with E-state index in [1.54, 1.807) is 31.2 Å². The standard InChI is InChI=1S/C24H18N2O6/c1-2-31-24(30)15-6-8-19(9-7-15)26-22(27)18(14-25)13-20-10-11-21(32-20)16-4-3-5-17(12-16)23(28)29/h3-13H,2H2,1H3,(H,26,27)(H,28,29)/b18-13+. The molecule has 2 aromatic carbocycles. The Bertz CT molecular complexity index is 1230. The lowest BCUT2D eigenvalue weighted by atomic mass is 10.1. The molecule has 1 heterocycles. The number of benzene rings is 2. The molecule has 0 atom stereocenters. The van der Waals surface area contributed by atoms with Gasteiger partial charge in [0.2, 0.25) is 0 Å². The van der Waals surface area contributed by atoms with Crippen LogP contribution in [0.5, 0.6) is 0 Å². The zero-order valence-corrected chi connectivity index (χ0v) is 17.0. The minimum Gasteiger partial charge on any atom is -0.478 e. The Morgan fingerprint density at radius 1 is 1.09 bits per heavy atom. The van der Waals surface area contributed by atoms with Gasteiger partial charge >= 0.3 is 11.9 Å². The lowest BCUT2D eigenvalue weighted by Gasteiger charge is -2.06. The second-order valence-corrected chi connectivity index (χ2v) is 6.51. The van der Waals surface area contributed by atoms with Gasteiger partial charge in [-0.3, -0.25) is 4.79 Å². The van der Waals surface area contributed by atoms with E-state index in [0.29, 0.717) is 22.6 Å². The van der Waals surface area contributed by atoms with Crippen LogP contribution in [0.15, 0.2) is 70.7 Å². The summed E-state index contributed by atoms with van der Waals surface area (Å²) in [7, 11) is 0. The molecule has 0 radical (unpaired) electrons. The predicted molar refractivity (Wildman–Crippen MR) is 116 cm³/mol. The lowest BCUT2D eigenvalue weighted by molar-refractivity contribution is -0.112. The van der Waals surface area contributed by atoms with Crippen molar-refractivity contribution in [2.45, 2.75) is 6.92 Å². The van der Waals surface area contributed by atoms with E-state index in [9.17, 15) is 19.6 Å². The monoisotopic (exact) mass is 430 g/mol. The van der Waals surface area contributed by atoms with Crippen molar-refractivity contribution in [1.29, 1.82) is 5.26 Å². The highest BCUT2D eigenvalue weighted by molar-refractivity contribution is 6.09. The quantitative estimate of drug-likeness (QED) is 0.323. The van der Waals surface area contributed by atoms with Gasteiger partial charge in [-0.2, -0.15) is 5.26 Å². The van der Waals surface area contributed by atoms with E-state index in [1.165, 1.54) is 42.5 Å². The smallest absolute Gasteiger partial charge is 0.338 e. The Morgan fingerprint density at radius 3 is 2.50 bits per heavy atom. The third-order valence-electron chi connectivity index (χ3n) is 4.33. The van der Waals surface area contributed by atoms with Crippen LogP contribution in [0.2, 0.25) is 0 Å². The number of nitriles is 1. The number of carbonyl (C=O) groups excluding carboxylic acids is 2. The fourth-order valence-electron chi connectivity index (χ4n) is 2.78. The molecule has 8 heteroatoms. The van der Waals surface area contributed by atoms with Crippen LogP contribution in [0.25, 0.3) is 17.4 Å². The average molecular weight is 430 g/mol. The van der Waals surface area contributed by atoms with Gasteiger partial charge in [-0.25, -0.2) is 9.59 Å². The molecular formula is C24H18N2O6. The van der Waals surface area contributed by atoms with E-state index in [2.05, 4.69) is 5.32 Å². The second-order valence-electron chi connectivity index (χ2n) is 6.51. The number of furan rings is 1. The molecular weight excluding hydrogens is 412 g/mol. The Kier molecular flexibility index (Phi) is 6.83. The molecule has 0 aliphatic carbocycles. The molecule has 0 saturated heterocycles. The number of hydrogen-bond acceptors (Lipinski definition) is 6. The van der Waals surface area contributed by atoms with Crippen molar-refractivity contribution in [3.8, 4) is 17.4 Å². The van der Waals surface area contributed by atoms with Crippen molar-refractivity contribution in [2.24, 2.45) is 0 Å². The van der Waals surface area contributed by atoms with Gasteiger partial charge in [0, 0.05) is 17.3 Å². The van der Waals surface area contributed by atoms with Crippen LogP contribution in [0, 0.1) is 11.3 Å². The molecule has 0 saturated carbocycles. The van der Waals surface area contributed by atoms with Gasteiger partial charge in [-0.05, 0) is 55.5 Å². The van der Waals surface area contributed by atoms with Gasteiger partial charge in [0.05, 0.1) is 17.7 Å². The number of rotatable bonds is 7. The largest absolute Gasteiger partial charge is 0.478 e. The summed E-state index contributed by atoms with van der Waals surface area (Å²) in [4.78, 5) is 35.3. The number of hydrogen-bond donors (Lipinski definition) is 2. The Labute approximate surface area is 183 Å². The van der Waals surface area contributed by atoms with E-state index < -0.39 is 17.8 Å². The summed E-state index contributed by atoms with van der Waals surface area (Å²) < 4.78 is 10.6. The minimum atomic E-state index is -1.06. The summed E-state index contributed by atoms with van der Waals surface area (Å²) in [6, 6.07) is 17.3.